The predicted molar refractivity (Wildman–Crippen MR) is 65.8 cm³/mol. The van der Waals surface area contributed by atoms with Crippen molar-refractivity contribution in [2.75, 3.05) is 30.3 Å². The minimum absolute atomic E-state index is 0.474. The molecule has 1 aromatic heterocycles. The largest absolute Gasteiger partial charge is 0.476 e. The van der Waals surface area contributed by atoms with Crippen molar-refractivity contribution in [3.05, 3.63) is 6.33 Å². The van der Waals surface area contributed by atoms with Gasteiger partial charge in [-0.3, -0.25) is 0 Å². The van der Waals surface area contributed by atoms with E-state index in [1.54, 1.807) is 0 Å². The van der Waals surface area contributed by atoms with E-state index in [4.69, 9.17) is 10.5 Å². The molecule has 0 fully saturated rings. The van der Waals surface area contributed by atoms with Crippen molar-refractivity contribution in [2.45, 2.75) is 27.2 Å². The maximum Gasteiger partial charge on any atom is 0.242 e. The molecular weight excluding hydrogens is 204 g/mol. The van der Waals surface area contributed by atoms with Crippen molar-refractivity contribution in [3.8, 4) is 5.88 Å². The number of hydrogen-bond donors (Lipinski definition) is 1. The summed E-state index contributed by atoms with van der Waals surface area (Å²) in [5.74, 6) is 1.24. The highest BCUT2D eigenvalue weighted by Crippen LogP contribution is 2.27. The first-order valence-electron chi connectivity index (χ1n) is 5.72. The molecule has 0 aliphatic carbocycles. The van der Waals surface area contributed by atoms with Gasteiger partial charge >= 0.3 is 0 Å². The third kappa shape index (κ3) is 2.74. The average Bonchev–Trinajstić information content (AvgIpc) is 2.30. The lowest BCUT2D eigenvalue weighted by Gasteiger charge is -2.22. The Kier molecular flexibility index (Phi) is 4.82. The lowest BCUT2D eigenvalue weighted by Crippen LogP contribution is -2.25. The maximum atomic E-state index is 5.98. The van der Waals surface area contributed by atoms with E-state index in [1.165, 1.54) is 6.33 Å². The van der Waals surface area contributed by atoms with Crippen LogP contribution in [0.5, 0.6) is 5.88 Å². The summed E-state index contributed by atoms with van der Waals surface area (Å²) in [5.41, 5.74) is 6.51. The van der Waals surface area contributed by atoms with Crippen LogP contribution in [0.3, 0.4) is 0 Å². The fourth-order valence-corrected chi connectivity index (χ4v) is 1.56. The summed E-state index contributed by atoms with van der Waals surface area (Å²) in [5, 5.41) is 0. The van der Waals surface area contributed by atoms with Crippen LogP contribution < -0.4 is 15.4 Å². The first kappa shape index (κ1) is 12.5. The monoisotopic (exact) mass is 224 g/mol. The van der Waals surface area contributed by atoms with Gasteiger partial charge in [0, 0.05) is 13.1 Å². The zero-order valence-electron chi connectivity index (χ0n) is 10.2. The summed E-state index contributed by atoms with van der Waals surface area (Å²) in [6.45, 7) is 8.48. The fourth-order valence-electron chi connectivity index (χ4n) is 1.56. The van der Waals surface area contributed by atoms with Crippen molar-refractivity contribution < 1.29 is 4.74 Å². The molecule has 1 heterocycles. The second-order valence-electron chi connectivity index (χ2n) is 3.43. The predicted octanol–water partition coefficient (Wildman–Crippen LogP) is 1.69. The van der Waals surface area contributed by atoms with Crippen molar-refractivity contribution >= 4 is 11.5 Å². The van der Waals surface area contributed by atoms with Gasteiger partial charge in [0.25, 0.3) is 0 Å². The highest BCUT2D eigenvalue weighted by Gasteiger charge is 2.13. The van der Waals surface area contributed by atoms with Gasteiger partial charge in [0.15, 0.2) is 5.82 Å². The minimum Gasteiger partial charge on any atom is -0.476 e. The molecule has 0 unspecified atom stereocenters. The first-order valence-corrected chi connectivity index (χ1v) is 5.72. The zero-order chi connectivity index (χ0) is 12.0. The Bertz CT molecular complexity index is 330. The van der Waals surface area contributed by atoms with Crippen LogP contribution in [-0.4, -0.2) is 29.7 Å². The second-order valence-corrected chi connectivity index (χ2v) is 3.43. The number of rotatable bonds is 6. The maximum absolute atomic E-state index is 5.98. The van der Waals surface area contributed by atoms with Crippen molar-refractivity contribution in [1.82, 2.24) is 9.97 Å². The minimum atomic E-state index is 0.474. The van der Waals surface area contributed by atoms with Gasteiger partial charge in [-0.15, -0.1) is 0 Å². The molecule has 0 atom stereocenters. The van der Waals surface area contributed by atoms with Crippen molar-refractivity contribution in [2.24, 2.45) is 0 Å². The number of nitrogens with two attached hydrogens (primary N) is 1. The fraction of sp³-hybridized carbons (Fsp3) is 0.636. The summed E-state index contributed by atoms with van der Waals surface area (Å²) in [6, 6.07) is 0. The highest BCUT2D eigenvalue weighted by atomic mass is 16.5. The van der Waals surface area contributed by atoms with Crippen LogP contribution in [0.1, 0.15) is 27.2 Å². The standard InChI is InChI=1S/C11H20N4O/c1-4-7-15(5-2)10-9(12)11(16-6-3)14-8-13-10/h8H,4-7,12H2,1-3H3. The van der Waals surface area contributed by atoms with Crippen LogP contribution in [0.2, 0.25) is 0 Å². The third-order valence-corrected chi connectivity index (χ3v) is 2.28. The number of hydrogen-bond acceptors (Lipinski definition) is 5. The number of aromatic nitrogens is 2. The van der Waals surface area contributed by atoms with E-state index < -0.39 is 0 Å². The number of nitrogens with zero attached hydrogens (tertiary/aromatic N) is 3. The van der Waals surface area contributed by atoms with E-state index in [2.05, 4.69) is 28.7 Å². The summed E-state index contributed by atoms with van der Waals surface area (Å²) in [6.07, 6.45) is 2.55. The Morgan fingerprint density at radius 2 is 2.06 bits per heavy atom. The molecule has 5 nitrogen and oxygen atoms in total. The Morgan fingerprint density at radius 3 is 2.62 bits per heavy atom. The zero-order valence-corrected chi connectivity index (χ0v) is 10.2. The van der Waals surface area contributed by atoms with Gasteiger partial charge in [-0.1, -0.05) is 6.92 Å². The second kappa shape index (κ2) is 6.15. The van der Waals surface area contributed by atoms with Gasteiger partial charge in [0.1, 0.15) is 12.0 Å². The Morgan fingerprint density at radius 1 is 1.31 bits per heavy atom. The van der Waals surface area contributed by atoms with Gasteiger partial charge in [0.05, 0.1) is 6.61 Å². The quantitative estimate of drug-likeness (QED) is 0.796. The molecule has 0 aromatic carbocycles. The average molecular weight is 224 g/mol. The molecule has 0 spiro atoms. The van der Waals surface area contributed by atoms with Gasteiger partial charge in [-0.25, -0.2) is 4.98 Å². The van der Waals surface area contributed by atoms with Gasteiger partial charge in [0.2, 0.25) is 5.88 Å². The molecular formula is C11H20N4O. The van der Waals surface area contributed by atoms with Crippen molar-refractivity contribution in [3.63, 3.8) is 0 Å². The van der Waals surface area contributed by atoms with Crippen molar-refractivity contribution in [1.29, 1.82) is 0 Å². The molecule has 0 saturated carbocycles. The Balaban J connectivity index is 2.98. The van der Waals surface area contributed by atoms with E-state index in [0.29, 0.717) is 18.2 Å². The molecule has 0 aliphatic heterocycles. The summed E-state index contributed by atoms with van der Waals surface area (Å²) >= 11 is 0. The van der Waals surface area contributed by atoms with E-state index >= 15 is 0 Å². The third-order valence-electron chi connectivity index (χ3n) is 2.28. The SMILES string of the molecule is CCCN(CC)c1ncnc(OCC)c1N. The molecule has 90 valence electrons. The summed E-state index contributed by atoms with van der Waals surface area (Å²) < 4.78 is 5.35. The topological polar surface area (TPSA) is 64.3 Å². The van der Waals surface area contributed by atoms with E-state index in [0.717, 1.165) is 25.3 Å². The van der Waals surface area contributed by atoms with Gasteiger partial charge < -0.3 is 15.4 Å². The normalized spacial score (nSPS) is 10.2. The number of nitrogen functional groups attached to an aromatic ring is 1. The summed E-state index contributed by atoms with van der Waals surface area (Å²) in [7, 11) is 0. The smallest absolute Gasteiger partial charge is 0.242 e. The Labute approximate surface area is 96.6 Å². The summed E-state index contributed by atoms with van der Waals surface area (Å²) in [4.78, 5) is 10.4. The molecule has 0 saturated heterocycles. The van der Waals surface area contributed by atoms with E-state index in [9.17, 15) is 0 Å². The molecule has 2 N–H and O–H groups in total. The molecule has 0 aliphatic rings. The molecule has 0 bridgehead atoms. The molecule has 16 heavy (non-hydrogen) atoms. The number of ether oxygens (including phenoxy) is 1. The highest BCUT2D eigenvalue weighted by molar-refractivity contribution is 5.67. The van der Waals surface area contributed by atoms with Gasteiger partial charge in [-0.05, 0) is 20.3 Å². The lowest BCUT2D eigenvalue weighted by molar-refractivity contribution is 0.328. The van der Waals surface area contributed by atoms with Gasteiger partial charge in [-0.2, -0.15) is 4.98 Å². The van der Waals surface area contributed by atoms with Crippen LogP contribution in [0, 0.1) is 0 Å². The molecule has 1 aromatic rings. The lowest BCUT2D eigenvalue weighted by atomic mass is 10.3. The van der Waals surface area contributed by atoms with Crippen LogP contribution in [0.15, 0.2) is 6.33 Å². The Hall–Kier alpha value is -1.52. The first-order chi connectivity index (χ1) is 7.74. The number of anilines is 2. The van der Waals surface area contributed by atoms with Crippen LogP contribution >= 0.6 is 0 Å². The van der Waals surface area contributed by atoms with Crippen LogP contribution in [0.25, 0.3) is 0 Å². The van der Waals surface area contributed by atoms with Crippen LogP contribution in [-0.2, 0) is 0 Å². The molecule has 1 rings (SSSR count). The van der Waals surface area contributed by atoms with E-state index in [-0.39, 0.29) is 0 Å². The molecule has 0 radical (unpaired) electrons. The molecule has 5 heteroatoms. The van der Waals surface area contributed by atoms with Crippen LogP contribution in [0.4, 0.5) is 11.5 Å². The molecule has 0 amide bonds. The van der Waals surface area contributed by atoms with E-state index in [1.807, 2.05) is 6.92 Å².